The number of aryl methyl sites for hydroxylation is 1. The number of carbonyl (C=O) groups is 3. The molecule has 6 heteroatoms. The standard InChI is InChI=1S/C21H28N2O4/c1-13-3-6-16(7-4-13)21(26)22-11-20(25)27-12-19(24)23-14(2)18-10-15-5-8-17(18)9-15/h3-4,6-7,14-15,17-18H,5,8-12H2,1-2H3,(H,22,26)(H,23,24)/t14-,15+,17+,18+/m1/s1. The maximum absolute atomic E-state index is 12.0. The highest BCUT2D eigenvalue weighted by Crippen LogP contribution is 2.49. The molecule has 6 nitrogen and oxygen atoms in total. The van der Waals surface area contributed by atoms with Crippen molar-refractivity contribution in [1.82, 2.24) is 10.6 Å². The maximum Gasteiger partial charge on any atom is 0.325 e. The minimum Gasteiger partial charge on any atom is -0.454 e. The van der Waals surface area contributed by atoms with E-state index in [1.165, 1.54) is 25.7 Å². The first-order chi connectivity index (χ1) is 12.9. The van der Waals surface area contributed by atoms with E-state index in [9.17, 15) is 14.4 Å². The predicted molar refractivity (Wildman–Crippen MR) is 101 cm³/mol. The van der Waals surface area contributed by atoms with Crippen LogP contribution in [0.3, 0.4) is 0 Å². The summed E-state index contributed by atoms with van der Waals surface area (Å²) in [5.74, 6) is 0.833. The van der Waals surface area contributed by atoms with Crippen LogP contribution in [0.5, 0.6) is 0 Å². The number of rotatable bonds is 7. The van der Waals surface area contributed by atoms with E-state index in [4.69, 9.17) is 4.74 Å². The first-order valence-corrected chi connectivity index (χ1v) is 9.72. The van der Waals surface area contributed by atoms with E-state index < -0.39 is 5.97 Å². The third kappa shape index (κ3) is 5.08. The Kier molecular flexibility index (Phi) is 6.14. The van der Waals surface area contributed by atoms with Gasteiger partial charge in [0.1, 0.15) is 6.54 Å². The van der Waals surface area contributed by atoms with E-state index in [2.05, 4.69) is 10.6 Å². The van der Waals surface area contributed by atoms with Crippen molar-refractivity contribution in [3.63, 3.8) is 0 Å². The van der Waals surface area contributed by atoms with Crippen LogP contribution >= 0.6 is 0 Å². The fourth-order valence-electron chi connectivity index (χ4n) is 4.47. The monoisotopic (exact) mass is 372 g/mol. The smallest absolute Gasteiger partial charge is 0.325 e. The number of hydrogen-bond acceptors (Lipinski definition) is 4. The van der Waals surface area contributed by atoms with Gasteiger partial charge in [-0.15, -0.1) is 0 Å². The molecule has 0 radical (unpaired) electrons. The Morgan fingerprint density at radius 3 is 2.52 bits per heavy atom. The van der Waals surface area contributed by atoms with Crippen molar-refractivity contribution in [2.75, 3.05) is 13.2 Å². The molecule has 0 heterocycles. The second kappa shape index (κ2) is 8.55. The predicted octanol–water partition coefficient (Wildman–Crippen LogP) is 2.21. The van der Waals surface area contributed by atoms with Crippen molar-refractivity contribution < 1.29 is 19.1 Å². The summed E-state index contributed by atoms with van der Waals surface area (Å²) in [6.45, 7) is 3.39. The molecule has 2 saturated carbocycles. The van der Waals surface area contributed by atoms with Gasteiger partial charge in [0, 0.05) is 11.6 Å². The lowest BCUT2D eigenvalue weighted by molar-refractivity contribution is -0.147. The molecule has 2 bridgehead atoms. The molecular formula is C21H28N2O4. The van der Waals surface area contributed by atoms with Gasteiger partial charge in [-0.2, -0.15) is 0 Å². The van der Waals surface area contributed by atoms with Gasteiger partial charge in [0.2, 0.25) is 0 Å². The van der Waals surface area contributed by atoms with Crippen molar-refractivity contribution in [2.45, 2.75) is 45.6 Å². The maximum atomic E-state index is 12.0. The lowest BCUT2D eigenvalue weighted by Gasteiger charge is -2.28. The quantitative estimate of drug-likeness (QED) is 0.719. The zero-order valence-electron chi connectivity index (χ0n) is 16.0. The first-order valence-electron chi connectivity index (χ1n) is 9.72. The number of carbonyl (C=O) groups excluding carboxylic acids is 3. The molecule has 1 aromatic rings. The van der Waals surface area contributed by atoms with Gasteiger partial charge < -0.3 is 15.4 Å². The average Bonchev–Trinajstić information content (AvgIpc) is 3.28. The lowest BCUT2D eigenvalue weighted by atomic mass is 9.84. The molecular weight excluding hydrogens is 344 g/mol. The second-order valence-corrected chi connectivity index (χ2v) is 7.90. The zero-order chi connectivity index (χ0) is 19.4. The van der Waals surface area contributed by atoms with Crippen molar-refractivity contribution >= 4 is 17.8 Å². The van der Waals surface area contributed by atoms with Gasteiger partial charge in [-0.1, -0.05) is 24.1 Å². The third-order valence-electron chi connectivity index (χ3n) is 5.89. The van der Waals surface area contributed by atoms with Crippen LogP contribution in [0.1, 0.15) is 48.5 Å². The summed E-state index contributed by atoms with van der Waals surface area (Å²) in [4.78, 5) is 35.8. The molecule has 0 aromatic heterocycles. The van der Waals surface area contributed by atoms with E-state index in [0.29, 0.717) is 11.5 Å². The van der Waals surface area contributed by atoms with Crippen LogP contribution in [0.15, 0.2) is 24.3 Å². The van der Waals surface area contributed by atoms with E-state index in [-0.39, 0.29) is 31.0 Å². The van der Waals surface area contributed by atoms with Gasteiger partial charge in [0.05, 0.1) is 0 Å². The molecule has 0 aliphatic heterocycles. The topological polar surface area (TPSA) is 84.5 Å². The average molecular weight is 372 g/mol. The Labute approximate surface area is 160 Å². The van der Waals surface area contributed by atoms with E-state index >= 15 is 0 Å². The number of esters is 1. The van der Waals surface area contributed by atoms with E-state index in [1.807, 2.05) is 26.0 Å². The van der Waals surface area contributed by atoms with Crippen LogP contribution in [-0.4, -0.2) is 37.0 Å². The summed E-state index contributed by atoms with van der Waals surface area (Å²) in [6.07, 6.45) is 5.08. The molecule has 2 aliphatic rings. The molecule has 3 rings (SSSR count). The number of benzene rings is 1. The normalized spacial score (nSPS) is 24.3. The molecule has 2 fully saturated rings. The number of nitrogens with one attached hydrogen (secondary N) is 2. The highest BCUT2D eigenvalue weighted by molar-refractivity contribution is 5.96. The van der Waals surface area contributed by atoms with Gasteiger partial charge in [-0.05, 0) is 63.0 Å². The molecule has 2 aliphatic carbocycles. The van der Waals surface area contributed by atoms with Gasteiger partial charge in [0.25, 0.3) is 11.8 Å². The molecule has 1 aromatic carbocycles. The molecule has 2 amide bonds. The summed E-state index contributed by atoms with van der Waals surface area (Å²) in [5, 5.41) is 5.46. The Balaban J connectivity index is 1.34. The number of fused-ring (bicyclic) bond motifs is 2. The molecule has 0 unspecified atom stereocenters. The van der Waals surface area contributed by atoms with Crippen molar-refractivity contribution in [2.24, 2.45) is 17.8 Å². The van der Waals surface area contributed by atoms with Gasteiger partial charge >= 0.3 is 5.97 Å². The third-order valence-corrected chi connectivity index (χ3v) is 5.89. The number of ether oxygens (including phenoxy) is 1. The van der Waals surface area contributed by atoms with Gasteiger partial charge in [0.15, 0.2) is 6.61 Å². The molecule has 0 spiro atoms. The van der Waals surface area contributed by atoms with E-state index in [1.54, 1.807) is 12.1 Å². The summed E-state index contributed by atoms with van der Waals surface area (Å²) >= 11 is 0. The fourth-order valence-corrected chi connectivity index (χ4v) is 4.47. The Morgan fingerprint density at radius 2 is 1.89 bits per heavy atom. The van der Waals surface area contributed by atoms with Crippen LogP contribution in [-0.2, 0) is 14.3 Å². The minimum atomic E-state index is -0.627. The molecule has 27 heavy (non-hydrogen) atoms. The Morgan fingerprint density at radius 1 is 1.15 bits per heavy atom. The highest BCUT2D eigenvalue weighted by Gasteiger charge is 2.42. The lowest BCUT2D eigenvalue weighted by Crippen LogP contribution is -2.42. The van der Waals surface area contributed by atoms with Crippen LogP contribution in [0, 0.1) is 24.7 Å². The second-order valence-electron chi connectivity index (χ2n) is 7.90. The SMILES string of the molecule is Cc1ccc(C(=O)NCC(=O)OCC(=O)N[C@H](C)[C@@H]2C[C@H]3CC[C@H]2C3)cc1. The van der Waals surface area contributed by atoms with Crippen molar-refractivity contribution in [3.8, 4) is 0 Å². The number of amides is 2. The highest BCUT2D eigenvalue weighted by atomic mass is 16.5. The minimum absolute atomic E-state index is 0.104. The number of hydrogen-bond donors (Lipinski definition) is 2. The van der Waals surface area contributed by atoms with Gasteiger partial charge in [-0.3, -0.25) is 14.4 Å². The van der Waals surface area contributed by atoms with Crippen molar-refractivity contribution in [1.29, 1.82) is 0 Å². The van der Waals surface area contributed by atoms with Crippen LogP contribution < -0.4 is 10.6 Å². The zero-order valence-corrected chi connectivity index (χ0v) is 16.0. The summed E-state index contributed by atoms with van der Waals surface area (Å²) in [7, 11) is 0. The Hall–Kier alpha value is -2.37. The summed E-state index contributed by atoms with van der Waals surface area (Å²) < 4.78 is 4.97. The summed E-state index contributed by atoms with van der Waals surface area (Å²) in [6, 6.07) is 7.15. The molecule has 4 atom stereocenters. The van der Waals surface area contributed by atoms with E-state index in [0.717, 1.165) is 17.4 Å². The fraction of sp³-hybridized carbons (Fsp3) is 0.571. The van der Waals surface area contributed by atoms with Crippen LogP contribution in [0.25, 0.3) is 0 Å². The molecule has 2 N–H and O–H groups in total. The largest absolute Gasteiger partial charge is 0.454 e. The van der Waals surface area contributed by atoms with Gasteiger partial charge in [-0.25, -0.2) is 0 Å². The molecule has 0 saturated heterocycles. The summed E-state index contributed by atoms with van der Waals surface area (Å²) in [5.41, 5.74) is 1.53. The molecule has 146 valence electrons. The first kappa shape index (κ1) is 19.4. The van der Waals surface area contributed by atoms with Crippen molar-refractivity contribution in [3.05, 3.63) is 35.4 Å². The Bertz CT molecular complexity index is 701. The van der Waals surface area contributed by atoms with Crippen LogP contribution in [0.4, 0.5) is 0 Å². The van der Waals surface area contributed by atoms with Crippen LogP contribution in [0.2, 0.25) is 0 Å².